The van der Waals surface area contributed by atoms with E-state index >= 15 is 0 Å². The quantitative estimate of drug-likeness (QED) is 0.541. The molecule has 0 heterocycles. The van der Waals surface area contributed by atoms with Crippen molar-refractivity contribution in [2.75, 3.05) is 0 Å². The van der Waals surface area contributed by atoms with Gasteiger partial charge in [0.1, 0.15) is 5.97 Å². The molecule has 1 unspecified atom stereocenters. The van der Waals surface area contributed by atoms with Crippen molar-refractivity contribution in [1.29, 1.82) is 0 Å². The smallest absolute Gasteiger partial charge is 0.385 e. The van der Waals surface area contributed by atoms with Gasteiger partial charge in [-0.3, -0.25) is 0 Å². The molecule has 162 valence electrons. The second-order valence-corrected chi connectivity index (χ2v) is 4.97. The fourth-order valence-electron chi connectivity index (χ4n) is 1.38. The lowest BCUT2D eigenvalue weighted by Crippen LogP contribution is -2.75. The first-order chi connectivity index (χ1) is 11.4. The van der Waals surface area contributed by atoms with E-state index in [2.05, 4.69) is 0 Å². The van der Waals surface area contributed by atoms with Crippen molar-refractivity contribution in [2.24, 2.45) is 0 Å². The summed E-state index contributed by atoms with van der Waals surface area (Å²) in [6.45, 7) is -0.626. The van der Waals surface area contributed by atoms with Gasteiger partial charge in [0.25, 0.3) is 0 Å². The summed E-state index contributed by atoms with van der Waals surface area (Å²) in [7, 11) is 0. The zero-order valence-corrected chi connectivity index (χ0v) is 12.1. The monoisotopic (exact) mass is 441 g/mol. The van der Waals surface area contributed by atoms with Crippen LogP contribution in [0.15, 0.2) is 0 Å². The van der Waals surface area contributed by atoms with E-state index in [4.69, 9.17) is 0 Å². The normalized spacial score (nSPS) is 17.0. The van der Waals surface area contributed by atoms with Crippen LogP contribution in [0.1, 0.15) is 6.92 Å². The molecule has 0 aromatic rings. The molecule has 1 atom stereocenters. The lowest BCUT2D eigenvalue weighted by atomic mass is 9.88. The summed E-state index contributed by atoms with van der Waals surface area (Å²) < 4.78 is 193. The molecule has 0 bridgehead atoms. The van der Waals surface area contributed by atoms with Crippen LogP contribution in [0.4, 0.5) is 65.9 Å². The number of rotatable bonds is 8. The third-order valence-corrected chi connectivity index (χ3v) is 3.15. The zero-order chi connectivity index (χ0) is 22.7. The Balaban J connectivity index is 6.66. The molecule has 0 spiro atoms. The molecule has 2 nitrogen and oxygen atoms in total. The van der Waals surface area contributed by atoms with Gasteiger partial charge in [0.05, 0.1) is 0 Å². The lowest BCUT2D eigenvalue weighted by Gasteiger charge is -2.42. The van der Waals surface area contributed by atoms with Crippen LogP contribution in [0.25, 0.3) is 0 Å². The van der Waals surface area contributed by atoms with Gasteiger partial charge < -0.3 is 9.90 Å². The van der Waals surface area contributed by atoms with Crippen LogP contribution < -0.4 is 5.11 Å². The first-order valence-corrected chi connectivity index (χ1v) is 5.89. The number of carboxylic acid groups (broad SMARTS) is 1. The Kier molecular flexibility index (Phi) is 5.85. The average molecular weight is 441 g/mol. The average Bonchev–Trinajstić information content (AvgIpc) is 2.45. The molecule has 0 aromatic heterocycles. The minimum absolute atomic E-state index is 0.626. The van der Waals surface area contributed by atoms with Crippen LogP contribution in [-0.4, -0.2) is 53.6 Å². The Hall–Kier alpha value is -1.58. The highest BCUT2D eigenvalue weighted by molar-refractivity contribution is 5.75. The second kappa shape index (κ2) is 6.22. The van der Waals surface area contributed by atoms with E-state index in [9.17, 15) is 75.8 Å². The predicted molar refractivity (Wildman–Crippen MR) is 50.2 cm³/mol. The Labute approximate surface area is 137 Å². The minimum Gasteiger partial charge on any atom is -0.544 e. The Morgan fingerprint density at radius 2 is 0.889 bits per heavy atom. The molecule has 0 aliphatic rings. The number of hydrogen-bond acceptors (Lipinski definition) is 2. The van der Waals surface area contributed by atoms with Gasteiger partial charge in [-0.25, -0.2) is 4.39 Å². The van der Waals surface area contributed by atoms with Crippen LogP contribution in [0, 0.1) is 0 Å². The van der Waals surface area contributed by atoms with E-state index in [0.29, 0.717) is 0 Å². The molecule has 0 aromatic carbocycles. The maximum Gasteiger partial charge on any atom is 0.385 e. The highest BCUT2D eigenvalue weighted by atomic mass is 19.4. The standard InChI is InChI=1S/C10H5F15O2/c1-2(11)4(12,13)6(16,17)8(20,21)10(24,25)9(22,23)7(18,19)5(14,15)3(26)27/h2H,1H3,(H,26,27)/p-1. The minimum atomic E-state index is -8.44. The zero-order valence-electron chi connectivity index (χ0n) is 12.1. The van der Waals surface area contributed by atoms with Crippen LogP contribution in [0.5, 0.6) is 0 Å². The van der Waals surface area contributed by atoms with E-state index in [1.54, 1.807) is 0 Å². The highest BCUT2D eigenvalue weighted by Gasteiger charge is 2.93. The topological polar surface area (TPSA) is 40.1 Å². The summed E-state index contributed by atoms with van der Waals surface area (Å²) in [5, 5.41) is 9.71. The van der Waals surface area contributed by atoms with Crippen molar-refractivity contribution >= 4 is 5.97 Å². The van der Waals surface area contributed by atoms with E-state index in [1.165, 1.54) is 0 Å². The molecular formula is C10H4F15O2-. The molecule has 0 amide bonds. The van der Waals surface area contributed by atoms with Crippen molar-refractivity contribution in [3.05, 3.63) is 0 Å². The van der Waals surface area contributed by atoms with Crippen molar-refractivity contribution in [3.8, 4) is 0 Å². The third-order valence-electron chi connectivity index (χ3n) is 3.15. The van der Waals surface area contributed by atoms with Crippen molar-refractivity contribution in [1.82, 2.24) is 0 Å². The molecule has 0 radical (unpaired) electrons. The summed E-state index contributed by atoms with van der Waals surface area (Å²) in [5.74, 6) is -59.7. The molecule has 0 saturated carbocycles. The second-order valence-electron chi connectivity index (χ2n) is 4.97. The van der Waals surface area contributed by atoms with Crippen LogP contribution in [0.2, 0.25) is 0 Å². The van der Waals surface area contributed by atoms with Crippen molar-refractivity contribution in [2.45, 2.75) is 54.6 Å². The number of hydrogen-bond donors (Lipinski definition) is 0. The van der Waals surface area contributed by atoms with Gasteiger partial charge in [-0.1, -0.05) is 0 Å². The predicted octanol–water partition coefficient (Wildman–Crippen LogP) is 3.54. The Bertz CT molecular complexity index is 579. The molecule has 27 heavy (non-hydrogen) atoms. The molecular weight excluding hydrogens is 437 g/mol. The number of aliphatic carboxylic acids is 1. The number of halogens is 15. The van der Waals surface area contributed by atoms with Crippen LogP contribution >= 0.6 is 0 Å². The van der Waals surface area contributed by atoms with E-state index in [-0.39, 0.29) is 0 Å². The first kappa shape index (κ1) is 25.4. The number of carbonyl (C=O) groups excluding carboxylic acids is 1. The fourth-order valence-corrected chi connectivity index (χ4v) is 1.38. The van der Waals surface area contributed by atoms with Gasteiger partial charge in [0.15, 0.2) is 6.17 Å². The SMILES string of the molecule is CC(F)C(F)(F)C(F)(F)C(F)(F)C(F)(F)C(F)(F)C(F)(F)C(F)(F)C(=O)[O-]. The maximum atomic E-state index is 13.1. The largest absolute Gasteiger partial charge is 0.544 e. The highest BCUT2D eigenvalue weighted by Crippen LogP contribution is 2.62. The number of carboxylic acids is 1. The van der Waals surface area contributed by atoms with Gasteiger partial charge in [-0.15, -0.1) is 0 Å². The van der Waals surface area contributed by atoms with Gasteiger partial charge >= 0.3 is 41.5 Å². The molecule has 0 rings (SSSR count). The molecule has 17 heteroatoms. The van der Waals surface area contributed by atoms with Crippen LogP contribution in [-0.2, 0) is 4.79 Å². The van der Waals surface area contributed by atoms with Crippen LogP contribution in [0.3, 0.4) is 0 Å². The molecule has 0 aliphatic heterocycles. The number of alkyl halides is 15. The Morgan fingerprint density at radius 1 is 0.630 bits per heavy atom. The molecule has 0 N–H and O–H groups in total. The van der Waals surface area contributed by atoms with Gasteiger partial charge in [0.2, 0.25) is 0 Å². The molecule has 0 fully saturated rings. The third kappa shape index (κ3) is 2.96. The lowest BCUT2D eigenvalue weighted by molar-refractivity contribution is -0.447. The number of carbonyl (C=O) groups is 1. The fraction of sp³-hybridized carbons (Fsp3) is 0.900. The maximum absolute atomic E-state index is 13.1. The van der Waals surface area contributed by atoms with E-state index in [1.807, 2.05) is 0 Å². The van der Waals surface area contributed by atoms with Crippen molar-refractivity contribution in [3.63, 3.8) is 0 Å². The van der Waals surface area contributed by atoms with Gasteiger partial charge in [-0.2, -0.15) is 61.5 Å². The summed E-state index contributed by atoms with van der Waals surface area (Å²) in [6, 6.07) is 0. The van der Waals surface area contributed by atoms with Gasteiger partial charge in [-0.05, 0) is 6.92 Å². The molecule has 0 aliphatic carbocycles. The van der Waals surface area contributed by atoms with E-state index < -0.39 is 60.5 Å². The summed E-state index contributed by atoms with van der Waals surface area (Å²) in [5.41, 5.74) is 0. The summed E-state index contributed by atoms with van der Waals surface area (Å²) >= 11 is 0. The summed E-state index contributed by atoms with van der Waals surface area (Å²) in [4.78, 5) is 9.71. The first-order valence-electron chi connectivity index (χ1n) is 5.89. The molecule has 0 saturated heterocycles. The van der Waals surface area contributed by atoms with E-state index in [0.717, 1.165) is 0 Å². The summed E-state index contributed by atoms with van der Waals surface area (Å²) in [6.07, 6.45) is -4.44. The Morgan fingerprint density at radius 3 is 1.15 bits per heavy atom. The van der Waals surface area contributed by atoms with Gasteiger partial charge in [0, 0.05) is 0 Å². The van der Waals surface area contributed by atoms with Crippen molar-refractivity contribution < 1.29 is 75.8 Å².